The van der Waals surface area contributed by atoms with Crippen molar-refractivity contribution in [3.05, 3.63) is 66.5 Å². The van der Waals surface area contributed by atoms with E-state index in [0.717, 1.165) is 12.0 Å². The average Bonchev–Trinajstić information content (AvgIpc) is 2.78. The van der Waals surface area contributed by atoms with E-state index in [1.165, 1.54) is 62.8 Å². The molecule has 0 bridgehead atoms. The molecule has 0 fully saturated rings. The predicted molar refractivity (Wildman–Crippen MR) is 112 cm³/mol. The van der Waals surface area contributed by atoms with Crippen LogP contribution >= 0.6 is 0 Å². The molecule has 0 N–H and O–H groups in total. The van der Waals surface area contributed by atoms with Crippen LogP contribution in [0, 0.1) is 0 Å². The SMILES string of the molecule is CCCCCCCCc1cnc(-c2ccc(OC(=O)c3cncnc3)cc2)nc1. The van der Waals surface area contributed by atoms with Crippen LogP contribution < -0.4 is 4.74 Å². The third-order valence-electron chi connectivity index (χ3n) is 4.64. The molecule has 0 saturated heterocycles. The van der Waals surface area contributed by atoms with E-state index in [9.17, 15) is 4.79 Å². The second-order valence-corrected chi connectivity index (χ2v) is 6.97. The maximum atomic E-state index is 12.0. The Morgan fingerprint density at radius 1 is 0.862 bits per heavy atom. The zero-order valence-corrected chi connectivity index (χ0v) is 16.8. The molecule has 0 aliphatic heterocycles. The van der Waals surface area contributed by atoms with E-state index in [0.29, 0.717) is 17.1 Å². The van der Waals surface area contributed by atoms with Crippen molar-refractivity contribution in [3.63, 3.8) is 0 Å². The van der Waals surface area contributed by atoms with Crippen molar-refractivity contribution in [2.45, 2.75) is 51.9 Å². The molecule has 0 unspecified atom stereocenters. The summed E-state index contributed by atoms with van der Waals surface area (Å²) in [5, 5.41) is 0. The highest BCUT2D eigenvalue weighted by atomic mass is 16.5. The summed E-state index contributed by atoms with van der Waals surface area (Å²) in [6.45, 7) is 2.24. The van der Waals surface area contributed by atoms with Gasteiger partial charge in [-0.3, -0.25) is 0 Å². The zero-order chi connectivity index (χ0) is 20.3. The molecule has 0 aliphatic carbocycles. The Hall–Kier alpha value is -3.15. The Kier molecular flexibility index (Phi) is 7.81. The number of aryl methyl sites for hydroxylation is 1. The van der Waals surface area contributed by atoms with E-state index < -0.39 is 5.97 Å². The lowest BCUT2D eigenvalue weighted by Gasteiger charge is -2.06. The van der Waals surface area contributed by atoms with Crippen molar-refractivity contribution in [3.8, 4) is 17.1 Å². The van der Waals surface area contributed by atoms with Crippen molar-refractivity contribution < 1.29 is 9.53 Å². The molecule has 29 heavy (non-hydrogen) atoms. The molecule has 6 nitrogen and oxygen atoms in total. The highest BCUT2D eigenvalue weighted by Crippen LogP contribution is 2.20. The Bertz CT molecular complexity index is 881. The fourth-order valence-electron chi connectivity index (χ4n) is 2.98. The van der Waals surface area contributed by atoms with Crippen LogP contribution in [0.5, 0.6) is 5.75 Å². The quantitative estimate of drug-likeness (QED) is 0.274. The molecule has 3 aromatic rings. The molecular formula is C23H26N4O2. The number of hydrogen-bond donors (Lipinski definition) is 0. The van der Waals surface area contributed by atoms with E-state index in [1.807, 2.05) is 24.5 Å². The third-order valence-corrected chi connectivity index (χ3v) is 4.64. The third kappa shape index (κ3) is 6.45. The summed E-state index contributed by atoms with van der Waals surface area (Å²) in [4.78, 5) is 28.6. The normalized spacial score (nSPS) is 10.7. The van der Waals surface area contributed by atoms with Gasteiger partial charge in [0.1, 0.15) is 12.1 Å². The topological polar surface area (TPSA) is 77.9 Å². The lowest BCUT2D eigenvalue weighted by Crippen LogP contribution is -2.09. The van der Waals surface area contributed by atoms with E-state index in [2.05, 4.69) is 26.9 Å². The van der Waals surface area contributed by atoms with E-state index in [4.69, 9.17) is 4.74 Å². The van der Waals surface area contributed by atoms with Crippen molar-refractivity contribution in [2.75, 3.05) is 0 Å². The van der Waals surface area contributed by atoms with Gasteiger partial charge in [0.15, 0.2) is 5.82 Å². The number of ether oxygens (including phenoxy) is 1. The minimum Gasteiger partial charge on any atom is -0.423 e. The van der Waals surface area contributed by atoms with Gasteiger partial charge in [-0.2, -0.15) is 0 Å². The number of esters is 1. The summed E-state index contributed by atoms with van der Waals surface area (Å²) < 4.78 is 5.33. The predicted octanol–water partition coefficient (Wildman–Crippen LogP) is 5.06. The minimum atomic E-state index is -0.492. The molecule has 0 aliphatic rings. The van der Waals surface area contributed by atoms with Crippen LogP contribution in [0.4, 0.5) is 0 Å². The van der Waals surface area contributed by atoms with Crippen molar-refractivity contribution in [2.24, 2.45) is 0 Å². The van der Waals surface area contributed by atoms with Crippen LogP contribution in [0.15, 0.2) is 55.4 Å². The van der Waals surface area contributed by atoms with Gasteiger partial charge in [-0.15, -0.1) is 0 Å². The minimum absolute atomic E-state index is 0.306. The molecule has 0 spiro atoms. The number of benzene rings is 1. The van der Waals surface area contributed by atoms with Gasteiger partial charge in [0.05, 0.1) is 5.56 Å². The summed E-state index contributed by atoms with van der Waals surface area (Å²) in [5.41, 5.74) is 2.35. The highest BCUT2D eigenvalue weighted by molar-refractivity contribution is 5.90. The Morgan fingerprint density at radius 3 is 2.21 bits per heavy atom. The first-order valence-corrected chi connectivity index (χ1v) is 10.1. The molecule has 3 rings (SSSR count). The first-order valence-electron chi connectivity index (χ1n) is 10.1. The van der Waals surface area contributed by atoms with Crippen molar-refractivity contribution in [1.29, 1.82) is 0 Å². The zero-order valence-electron chi connectivity index (χ0n) is 16.8. The van der Waals surface area contributed by atoms with Crippen LogP contribution in [-0.2, 0) is 6.42 Å². The number of nitrogens with zero attached hydrogens (tertiary/aromatic N) is 4. The number of carbonyl (C=O) groups excluding carboxylic acids is 1. The fraction of sp³-hybridized carbons (Fsp3) is 0.348. The Labute approximate surface area is 171 Å². The van der Waals surface area contributed by atoms with Gasteiger partial charge in [-0.1, -0.05) is 39.0 Å². The van der Waals surface area contributed by atoms with Gasteiger partial charge in [0.2, 0.25) is 0 Å². The van der Waals surface area contributed by atoms with Crippen molar-refractivity contribution >= 4 is 5.97 Å². The molecule has 150 valence electrons. The van der Waals surface area contributed by atoms with Crippen LogP contribution in [0.1, 0.15) is 61.4 Å². The highest BCUT2D eigenvalue weighted by Gasteiger charge is 2.09. The molecule has 2 heterocycles. The molecule has 0 saturated carbocycles. The van der Waals surface area contributed by atoms with Crippen LogP contribution in [0.3, 0.4) is 0 Å². The number of carbonyl (C=O) groups is 1. The number of aromatic nitrogens is 4. The molecule has 1 aromatic carbocycles. The maximum absolute atomic E-state index is 12.0. The van der Waals surface area contributed by atoms with Crippen molar-refractivity contribution in [1.82, 2.24) is 19.9 Å². The number of hydrogen-bond acceptors (Lipinski definition) is 6. The first-order chi connectivity index (χ1) is 14.3. The summed E-state index contributed by atoms with van der Waals surface area (Å²) in [6, 6.07) is 7.13. The smallest absolute Gasteiger partial charge is 0.346 e. The lowest BCUT2D eigenvalue weighted by atomic mass is 10.1. The van der Waals surface area contributed by atoms with Gasteiger partial charge >= 0.3 is 5.97 Å². The molecule has 0 atom stereocenters. The molecule has 2 aromatic heterocycles. The van der Waals surface area contributed by atoms with Crippen LogP contribution in [0.25, 0.3) is 11.4 Å². The van der Waals surface area contributed by atoms with Gasteiger partial charge in [-0.25, -0.2) is 24.7 Å². The summed E-state index contributed by atoms with van der Waals surface area (Å²) >= 11 is 0. The van der Waals surface area contributed by atoms with Gasteiger partial charge in [0, 0.05) is 30.4 Å². The summed E-state index contributed by atoms with van der Waals surface area (Å²) in [5.74, 6) is 0.613. The van der Waals surface area contributed by atoms with Crippen LogP contribution in [-0.4, -0.2) is 25.9 Å². The number of rotatable bonds is 10. The first kappa shape index (κ1) is 20.6. The second-order valence-electron chi connectivity index (χ2n) is 6.97. The van der Waals surface area contributed by atoms with Gasteiger partial charge in [-0.05, 0) is 42.7 Å². The molecule has 6 heteroatoms. The van der Waals surface area contributed by atoms with E-state index >= 15 is 0 Å². The molecule has 0 amide bonds. The number of unbranched alkanes of at least 4 members (excludes halogenated alkanes) is 5. The fourth-order valence-corrected chi connectivity index (χ4v) is 2.98. The Balaban J connectivity index is 1.51. The van der Waals surface area contributed by atoms with Gasteiger partial charge < -0.3 is 4.74 Å². The summed E-state index contributed by atoms with van der Waals surface area (Å²) in [6.07, 6.45) is 16.7. The monoisotopic (exact) mass is 390 g/mol. The average molecular weight is 390 g/mol. The van der Waals surface area contributed by atoms with E-state index in [1.54, 1.807) is 12.1 Å². The second kappa shape index (κ2) is 11.0. The standard InChI is InChI=1S/C23H26N4O2/c1-2-3-4-5-6-7-8-18-13-26-22(27-14-18)19-9-11-21(12-10-19)29-23(28)20-15-24-17-25-16-20/h9-17H,2-8H2,1H3. The molecule has 0 radical (unpaired) electrons. The lowest BCUT2D eigenvalue weighted by molar-refractivity contribution is 0.0734. The maximum Gasteiger partial charge on any atom is 0.346 e. The summed E-state index contributed by atoms with van der Waals surface area (Å²) in [7, 11) is 0. The Morgan fingerprint density at radius 2 is 1.52 bits per heavy atom. The van der Waals surface area contributed by atoms with E-state index in [-0.39, 0.29) is 0 Å². The molecular weight excluding hydrogens is 364 g/mol. The largest absolute Gasteiger partial charge is 0.423 e. The van der Waals surface area contributed by atoms with Gasteiger partial charge in [0.25, 0.3) is 0 Å². The van der Waals surface area contributed by atoms with Crippen LogP contribution in [0.2, 0.25) is 0 Å².